The van der Waals surface area contributed by atoms with Gasteiger partial charge in [0.15, 0.2) is 0 Å². The molecule has 98 valence electrons. The SMILES string of the molecule is CC(O)CNCCc1ccc2c(c1)NC(=O)CS2. The Bertz CT molecular complexity index is 435. The fourth-order valence-corrected chi connectivity index (χ4v) is 2.62. The van der Waals surface area contributed by atoms with Crippen molar-refractivity contribution < 1.29 is 9.90 Å². The van der Waals surface area contributed by atoms with Crippen LogP contribution in [-0.4, -0.2) is 36.0 Å². The van der Waals surface area contributed by atoms with Crippen LogP contribution < -0.4 is 10.6 Å². The van der Waals surface area contributed by atoms with Crippen LogP contribution in [0.5, 0.6) is 0 Å². The van der Waals surface area contributed by atoms with Crippen LogP contribution >= 0.6 is 11.8 Å². The molecule has 1 atom stereocenters. The molecule has 5 heteroatoms. The number of anilines is 1. The zero-order chi connectivity index (χ0) is 13.0. The van der Waals surface area contributed by atoms with Gasteiger partial charge in [0.1, 0.15) is 0 Å². The van der Waals surface area contributed by atoms with Gasteiger partial charge in [-0.2, -0.15) is 0 Å². The molecule has 3 N–H and O–H groups in total. The van der Waals surface area contributed by atoms with E-state index in [2.05, 4.69) is 22.8 Å². The van der Waals surface area contributed by atoms with Crippen molar-refractivity contribution in [3.05, 3.63) is 23.8 Å². The van der Waals surface area contributed by atoms with Crippen LogP contribution in [0.2, 0.25) is 0 Å². The molecule has 0 saturated heterocycles. The Balaban J connectivity index is 1.90. The highest BCUT2D eigenvalue weighted by Gasteiger charge is 2.15. The number of hydrogen-bond acceptors (Lipinski definition) is 4. The quantitative estimate of drug-likeness (QED) is 0.702. The lowest BCUT2D eigenvalue weighted by atomic mass is 10.1. The van der Waals surface area contributed by atoms with Crippen molar-refractivity contribution >= 4 is 23.4 Å². The topological polar surface area (TPSA) is 61.4 Å². The first-order valence-electron chi connectivity index (χ1n) is 6.09. The van der Waals surface area contributed by atoms with E-state index in [-0.39, 0.29) is 12.0 Å². The van der Waals surface area contributed by atoms with Crippen LogP contribution in [0.25, 0.3) is 0 Å². The van der Waals surface area contributed by atoms with E-state index in [1.54, 1.807) is 18.7 Å². The Labute approximate surface area is 111 Å². The summed E-state index contributed by atoms with van der Waals surface area (Å²) in [7, 11) is 0. The van der Waals surface area contributed by atoms with Gasteiger partial charge in [0.05, 0.1) is 17.5 Å². The third kappa shape index (κ3) is 3.73. The van der Waals surface area contributed by atoms with Crippen LogP contribution in [0, 0.1) is 0 Å². The molecule has 1 aliphatic heterocycles. The van der Waals surface area contributed by atoms with E-state index in [0.29, 0.717) is 12.3 Å². The third-order valence-electron chi connectivity index (χ3n) is 2.71. The number of aliphatic hydroxyl groups is 1. The first-order valence-corrected chi connectivity index (χ1v) is 7.08. The minimum atomic E-state index is -0.316. The second kappa shape index (κ2) is 6.22. The van der Waals surface area contributed by atoms with Crippen LogP contribution in [0.1, 0.15) is 12.5 Å². The highest BCUT2D eigenvalue weighted by atomic mass is 32.2. The number of thioether (sulfide) groups is 1. The second-order valence-corrected chi connectivity index (χ2v) is 5.49. The molecular formula is C13H18N2O2S. The van der Waals surface area contributed by atoms with Gasteiger partial charge >= 0.3 is 0 Å². The first kappa shape index (κ1) is 13.4. The molecule has 0 aromatic heterocycles. The van der Waals surface area contributed by atoms with Gasteiger partial charge in [-0.05, 0) is 37.6 Å². The number of amides is 1. The maximum absolute atomic E-state index is 11.3. The van der Waals surface area contributed by atoms with E-state index in [0.717, 1.165) is 23.5 Å². The summed E-state index contributed by atoms with van der Waals surface area (Å²) in [4.78, 5) is 12.4. The van der Waals surface area contributed by atoms with Gasteiger partial charge in [0, 0.05) is 11.4 Å². The van der Waals surface area contributed by atoms with Crippen molar-refractivity contribution in [2.75, 3.05) is 24.2 Å². The highest BCUT2D eigenvalue weighted by molar-refractivity contribution is 8.00. The summed E-state index contributed by atoms with van der Waals surface area (Å²) in [6.07, 6.45) is 0.574. The Hall–Kier alpha value is -1.04. The number of hydrogen-bond donors (Lipinski definition) is 3. The molecule has 1 aromatic carbocycles. The largest absolute Gasteiger partial charge is 0.392 e. The molecule has 0 bridgehead atoms. The maximum atomic E-state index is 11.3. The molecule has 0 aliphatic carbocycles. The number of nitrogens with one attached hydrogen (secondary N) is 2. The number of fused-ring (bicyclic) bond motifs is 1. The maximum Gasteiger partial charge on any atom is 0.234 e. The number of benzene rings is 1. The predicted octanol–water partition coefficient (Wildman–Crippen LogP) is 1.24. The van der Waals surface area contributed by atoms with Gasteiger partial charge in [-0.15, -0.1) is 11.8 Å². The second-order valence-electron chi connectivity index (χ2n) is 4.47. The Kier molecular flexibility index (Phi) is 4.63. The van der Waals surface area contributed by atoms with E-state index in [4.69, 9.17) is 5.11 Å². The molecule has 1 amide bonds. The van der Waals surface area contributed by atoms with Crippen molar-refractivity contribution in [2.45, 2.75) is 24.3 Å². The number of rotatable bonds is 5. The predicted molar refractivity (Wildman–Crippen MR) is 74.1 cm³/mol. The van der Waals surface area contributed by atoms with Crippen LogP contribution in [0.4, 0.5) is 5.69 Å². The summed E-state index contributed by atoms with van der Waals surface area (Å²) in [5.74, 6) is 0.569. The zero-order valence-corrected chi connectivity index (χ0v) is 11.2. The Morgan fingerprint density at radius 1 is 1.56 bits per heavy atom. The van der Waals surface area contributed by atoms with E-state index in [9.17, 15) is 4.79 Å². The fraction of sp³-hybridized carbons (Fsp3) is 0.462. The first-order chi connectivity index (χ1) is 8.65. The lowest BCUT2D eigenvalue weighted by Crippen LogP contribution is -2.26. The molecule has 0 fully saturated rings. The zero-order valence-electron chi connectivity index (χ0n) is 10.4. The summed E-state index contributed by atoms with van der Waals surface area (Å²) in [5, 5.41) is 15.2. The molecule has 0 radical (unpaired) electrons. The minimum absolute atomic E-state index is 0.0666. The summed E-state index contributed by atoms with van der Waals surface area (Å²) in [5.41, 5.74) is 2.11. The number of aliphatic hydroxyl groups excluding tert-OH is 1. The molecule has 1 aliphatic rings. The number of carbonyl (C=O) groups excluding carboxylic acids is 1. The van der Waals surface area contributed by atoms with E-state index in [1.165, 1.54) is 5.56 Å². The molecule has 1 heterocycles. The summed E-state index contributed by atoms with van der Waals surface area (Å²) < 4.78 is 0. The average molecular weight is 266 g/mol. The van der Waals surface area contributed by atoms with Crippen molar-refractivity contribution in [1.82, 2.24) is 5.32 Å². The molecule has 0 spiro atoms. The van der Waals surface area contributed by atoms with Crippen molar-refractivity contribution in [3.63, 3.8) is 0 Å². The van der Waals surface area contributed by atoms with Crippen LogP contribution in [0.3, 0.4) is 0 Å². The minimum Gasteiger partial charge on any atom is -0.392 e. The lowest BCUT2D eigenvalue weighted by molar-refractivity contribution is -0.113. The molecule has 1 aromatic rings. The highest BCUT2D eigenvalue weighted by Crippen LogP contribution is 2.31. The van der Waals surface area contributed by atoms with Crippen LogP contribution in [-0.2, 0) is 11.2 Å². The standard InChI is InChI=1S/C13H18N2O2S/c1-9(16)7-14-5-4-10-2-3-12-11(6-10)15-13(17)8-18-12/h2-3,6,9,14,16H,4-5,7-8H2,1H3,(H,15,17). The van der Waals surface area contributed by atoms with Crippen molar-refractivity contribution in [1.29, 1.82) is 0 Å². The van der Waals surface area contributed by atoms with Gasteiger partial charge in [0.2, 0.25) is 5.91 Å². The van der Waals surface area contributed by atoms with E-state index in [1.807, 2.05) is 6.07 Å². The normalized spacial score (nSPS) is 16.0. The summed E-state index contributed by atoms with van der Waals surface area (Å²) in [6.45, 7) is 3.20. The fourth-order valence-electron chi connectivity index (χ4n) is 1.83. The van der Waals surface area contributed by atoms with E-state index >= 15 is 0 Å². The smallest absolute Gasteiger partial charge is 0.234 e. The average Bonchev–Trinajstić information content (AvgIpc) is 2.34. The summed E-state index contributed by atoms with van der Waals surface area (Å²) >= 11 is 1.58. The van der Waals surface area contributed by atoms with E-state index < -0.39 is 0 Å². The summed E-state index contributed by atoms with van der Waals surface area (Å²) in [6, 6.07) is 6.18. The Morgan fingerprint density at radius 2 is 2.39 bits per heavy atom. The van der Waals surface area contributed by atoms with Crippen LogP contribution in [0.15, 0.2) is 23.1 Å². The number of carbonyl (C=O) groups is 1. The van der Waals surface area contributed by atoms with Crippen molar-refractivity contribution in [2.24, 2.45) is 0 Å². The third-order valence-corrected chi connectivity index (χ3v) is 3.78. The van der Waals surface area contributed by atoms with Gasteiger partial charge in [-0.1, -0.05) is 6.07 Å². The van der Waals surface area contributed by atoms with Gasteiger partial charge in [-0.3, -0.25) is 4.79 Å². The Morgan fingerprint density at radius 3 is 3.17 bits per heavy atom. The van der Waals surface area contributed by atoms with Gasteiger partial charge < -0.3 is 15.7 Å². The molecule has 1 unspecified atom stereocenters. The molecule has 2 rings (SSSR count). The molecular weight excluding hydrogens is 248 g/mol. The molecule has 4 nitrogen and oxygen atoms in total. The lowest BCUT2D eigenvalue weighted by Gasteiger charge is -2.17. The molecule has 18 heavy (non-hydrogen) atoms. The van der Waals surface area contributed by atoms with Gasteiger partial charge in [0.25, 0.3) is 0 Å². The van der Waals surface area contributed by atoms with Gasteiger partial charge in [-0.25, -0.2) is 0 Å². The molecule has 0 saturated carbocycles. The van der Waals surface area contributed by atoms with Crippen molar-refractivity contribution in [3.8, 4) is 0 Å². The monoisotopic (exact) mass is 266 g/mol.